The van der Waals surface area contributed by atoms with Crippen molar-refractivity contribution in [3.05, 3.63) is 42.2 Å². The summed E-state index contributed by atoms with van der Waals surface area (Å²) in [5.41, 5.74) is 6.65. The number of nitrogens with zero attached hydrogens (tertiary/aromatic N) is 4. The zero-order valence-corrected chi connectivity index (χ0v) is 20.4. The van der Waals surface area contributed by atoms with Crippen LogP contribution >= 0.6 is 11.8 Å². The van der Waals surface area contributed by atoms with Crippen molar-refractivity contribution in [3.8, 4) is 11.5 Å². The monoisotopic (exact) mass is 495 g/mol. The lowest BCUT2D eigenvalue weighted by Gasteiger charge is -2.27. The van der Waals surface area contributed by atoms with Crippen LogP contribution in [-0.4, -0.2) is 49.6 Å². The van der Waals surface area contributed by atoms with Gasteiger partial charge >= 0.3 is 0 Å². The van der Waals surface area contributed by atoms with Crippen LogP contribution in [0.1, 0.15) is 65.5 Å². The molecule has 3 aromatic heterocycles. The summed E-state index contributed by atoms with van der Waals surface area (Å²) in [5, 5.41) is 11.1. The summed E-state index contributed by atoms with van der Waals surface area (Å²) in [4.78, 5) is 33.6. The Morgan fingerprint density at radius 2 is 2.03 bits per heavy atom. The fraction of sp³-hybridized carbons (Fsp3) is 0.458. The number of carbonyl (C=O) groups excluding carboxylic acids is 2. The van der Waals surface area contributed by atoms with E-state index in [1.807, 2.05) is 17.8 Å². The number of hydrogen-bond acceptors (Lipinski definition) is 8. The standard InChI is InChI=1S/C24H29N7O3S/c1-35-17-6-4-16(5-7-17)31-12-18(21(30-31)22(25)32)28-23(33)19-13-34-24(29-19)15-8-9-26-20(10-15)27-11-14-2-3-14/h8-10,12-14,16-17H,2-7,11H2,1H3,(H2,25,32)(H,26,27)(H,28,33)/t16-,17+. The van der Waals surface area contributed by atoms with Crippen molar-refractivity contribution in [1.82, 2.24) is 19.7 Å². The molecule has 2 aliphatic carbocycles. The third-order valence-electron chi connectivity index (χ3n) is 6.58. The van der Waals surface area contributed by atoms with E-state index < -0.39 is 11.8 Å². The summed E-state index contributed by atoms with van der Waals surface area (Å²) in [5.74, 6) is 0.569. The van der Waals surface area contributed by atoms with Crippen LogP contribution in [0.25, 0.3) is 11.5 Å². The zero-order valence-electron chi connectivity index (χ0n) is 19.6. The molecule has 2 amide bonds. The Kier molecular flexibility index (Phi) is 6.76. The molecule has 11 heteroatoms. The third kappa shape index (κ3) is 5.50. The van der Waals surface area contributed by atoms with Gasteiger partial charge in [-0.25, -0.2) is 9.97 Å². The number of nitrogens with one attached hydrogen (secondary N) is 2. The number of thioether (sulfide) groups is 1. The minimum atomic E-state index is -0.694. The number of pyridine rings is 1. The van der Waals surface area contributed by atoms with Gasteiger partial charge in [0.05, 0.1) is 11.7 Å². The van der Waals surface area contributed by atoms with Crippen LogP contribution in [0, 0.1) is 5.92 Å². The van der Waals surface area contributed by atoms with Crippen molar-refractivity contribution in [2.45, 2.75) is 49.8 Å². The van der Waals surface area contributed by atoms with Crippen LogP contribution in [0.15, 0.2) is 35.2 Å². The Bertz CT molecular complexity index is 1210. The normalized spacial score (nSPS) is 19.9. The number of hydrogen-bond donors (Lipinski definition) is 3. The Balaban J connectivity index is 1.28. The number of rotatable bonds is 9. The van der Waals surface area contributed by atoms with Crippen molar-refractivity contribution in [2.75, 3.05) is 23.4 Å². The SMILES string of the molecule is CS[C@H]1CC[C@@H](n2cc(NC(=O)c3coc(-c4ccnc(NCC5CC5)c4)n3)c(C(N)=O)n2)CC1. The molecule has 0 unspecified atom stereocenters. The first-order chi connectivity index (χ1) is 17.0. The maximum Gasteiger partial charge on any atom is 0.277 e. The first-order valence-corrected chi connectivity index (χ1v) is 13.2. The van der Waals surface area contributed by atoms with Gasteiger partial charge in [0.15, 0.2) is 11.4 Å². The molecule has 0 spiro atoms. The molecule has 4 N–H and O–H groups in total. The Morgan fingerprint density at radius 3 is 2.74 bits per heavy atom. The van der Waals surface area contributed by atoms with Gasteiger partial charge < -0.3 is 20.8 Å². The first kappa shape index (κ1) is 23.4. The second kappa shape index (κ2) is 10.1. The second-order valence-electron chi connectivity index (χ2n) is 9.15. The molecule has 3 aromatic rings. The van der Waals surface area contributed by atoms with Crippen LogP contribution in [0.4, 0.5) is 11.5 Å². The lowest BCUT2D eigenvalue weighted by Crippen LogP contribution is -2.21. The fourth-order valence-corrected chi connectivity index (χ4v) is 5.07. The molecule has 0 atom stereocenters. The Hall–Kier alpha value is -3.34. The molecule has 2 saturated carbocycles. The van der Waals surface area contributed by atoms with Crippen LogP contribution in [0.2, 0.25) is 0 Å². The molecule has 2 aliphatic rings. The molecule has 35 heavy (non-hydrogen) atoms. The van der Waals surface area contributed by atoms with Crippen molar-refractivity contribution in [2.24, 2.45) is 11.7 Å². The third-order valence-corrected chi connectivity index (χ3v) is 7.72. The highest BCUT2D eigenvalue weighted by Crippen LogP contribution is 2.34. The number of oxazole rings is 1. The molecule has 10 nitrogen and oxygen atoms in total. The highest BCUT2D eigenvalue weighted by Gasteiger charge is 2.26. The van der Waals surface area contributed by atoms with Crippen LogP contribution in [0.5, 0.6) is 0 Å². The number of primary amides is 1. The Labute approximate surface area is 207 Å². The van der Waals surface area contributed by atoms with Crippen molar-refractivity contribution >= 4 is 35.1 Å². The van der Waals surface area contributed by atoms with Gasteiger partial charge in [-0.1, -0.05) is 0 Å². The molecule has 2 fully saturated rings. The second-order valence-corrected chi connectivity index (χ2v) is 10.3. The largest absolute Gasteiger partial charge is 0.444 e. The minimum absolute atomic E-state index is 0.0366. The number of carbonyl (C=O) groups is 2. The van der Waals surface area contributed by atoms with Crippen LogP contribution in [0.3, 0.4) is 0 Å². The van der Waals surface area contributed by atoms with Crippen molar-refractivity contribution in [3.63, 3.8) is 0 Å². The van der Waals surface area contributed by atoms with Gasteiger partial charge in [-0.2, -0.15) is 16.9 Å². The molecule has 5 rings (SSSR count). The maximum absolute atomic E-state index is 12.9. The van der Waals surface area contributed by atoms with E-state index in [0.717, 1.165) is 44.0 Å². The van der Waals surface area contributed by atoms with Gasteiger partial charge in [-0.15, -0.1) is 0 Å². The van der Waals surface area contributed by atoms with E-state index in [4.69, 9.17) is 10.2 Å². The maximum atomic E-state index is 12.9. The van der Waals surface area contributed by atoms with Gasteiger partial charge in [-0.3, -0.25) is 14.3 Å². The highest BCUT2D eigenvalue weighted by atomic mass is 32.2. The van der Waals surface area contributed by atoms with Crippen LogP contribution in [-0.2, 0) is 0 Å². The summed E-state index contributed by atoms with van der Waals surface area (Å²) in [7, 11) is 0. The first-order valence-electron chi connectivity index (χ1n) is 11.9. The predicted octanol–water partition coefficient (Wildman–Crippen LogP) is 3.95. The van der Waals surface area contributed by atoms with Gasteiger partial charge in [0.25, 0.3) is 11.8 Å². The van der Waals surface area contributed by atoms with E-state index in [0.29, 0.717) is 16.7 Å². The van der Waals surface area contributed by atoms with Gasteiger partial charge in [-0.05, 0) is 62.8 Å². The predicted molar refractivity (Wildman–Crippen MR) is 134 cm³/mol. The smallest absolute Gasteiger partial charge is 0.277 e. The van der Waals surface area contributed by atoms with Gasteiger partial charge in [0, 0.05) is 29.8 Å². The number of anilines is 2. The highest BCUT2D eigenvalue weighted by molar-refractivity contribution is 7.99. The van der Waals surface area contributed by atoms with E-state index in [9.17, 15) is 9.59 Å². The molecule has 0 aromatic carbocycles. The Morgan fingerprint density at radius 1 is 1.23 bits per heavy atom. The zero-order chi connectivity index (χ0) is 24.4. The van der Waals surface area contributed by atoms with E-state index in [1.165, 1.54) is 19.1 Å². The van der Waals surface area contributed by atoms with Crippen molar-refractivity contribution in [1.29, 1.82) is 0 Å². The van der Waals surface area contributed by atoms with E-state index in [-0.39, 0.29) is 23.1 Å². The van der Waals surface area contributed by atoms with E-state index in [1.54, 1.807) is 23.1 Å². The molecule has 0 bridgehead atoms. The fourth-order valence-electron chi connectivity index (χ4n) is 4.33. The molecule has 0 saturated heterocycles. The molecule has 0 aliphatic heterocycles. The average molecular weight is 496 g/mol. The lowest BCUT2D eigenvalue weighted by molar-refractivity contribution is 0.0995. The van der Waals surface area contributed by atoms with Gasteiger partial charge in [0.2, 0.25) is 5.89 Å². The summed E-state index contributed by atoms with van der Waals surface area (Å²) >= 11 is 1.89. The topological polar surface area (TPSA) is 141 Å². The summed E-state index contributed by atoms with van der Waals surface area (Å²) < 4.78 is 7.32. The van der Waals surface area contributed by atoms with Crippen LogP contribution < -0.4 is 16.4 Å². The molecule has 0 radical (unpaired) electrons. The van der Waals surface area contributed by atoms with Gasteiger partial charge in [0.1, 0.15) is 12.1 Å². The number of nitrogens with two attached hydrogens (primary N) is 1. The minimum Gasteiger partial charge on any atom is -0.444 e. The quantitative estimate of drug-likeness (QED) is 0.405. The number of amides is 2. The molecule has 3 heterocycles. The number of aromatic nitrogens is 4. The van der Waals surface area contributed by atoms with E-state index >= 15 is 0 Å². The average Bonchev–Trinajstić information content (AvgIpc) is 3.39. The summed E-state index contributed by atoms with van der Waals surface area (Å²) in [6, 6.07) is 3.79. The molecular formula is C24H29N7O3S. The summed E-state index contributed by atoms with van der Waals surface area (Å²) in [6.07, 6.45) is 13.4. The molecule has 184 valence electrons. The van der Waals surface area contributed by atoms with E-state index in [2.05, 4.69) is 32.0 Å². The lowest BCUT2D eigenvalue weighted by atomic mass is 9.95. The van der Waals surface area contributed by atoms with Crippen molar-refractivity contribution < 1.29 is 14.0 Å². The summed E-state index contributed by atoms with van der Waals surface area (Å²) in [6.45, 7) is 0.893. The molecular weight excluding hydrogens is 466 g/mol.